The molecule has 0 saturated carbocycles. The number of nitrogen functional groups attached to an aromatic ring is 1. The molecule has 6 nitrogen and oxygen atoms in total. The van der Waals surface area contributed by atoms with Crippen molar-refractivity contribution >= 4 is 27.8 Å². The molecule has 0 radical (unpaired) electrons. The van der Waals surface area contributed by atoms with Crippen LogP contribution >= 0.6 is 0 Å². The second-order valence-corrected chi connectivity index (χ2v) is 7.05. The Bertz CT molecular complexity index is 950. The number of hydrogen-bond donors (Lipinski definition) is 1. The van der Waals surface area contributed by atoms with Gasteiger partial charge in [0.2, 0.25) is 0 Å². The van der Waals surface area contributed by atoms with Crippen LogP contribution in [0.1, 0.15) is 33.0 Å². The molecule has 25 heavy (non-hydrogen) atoms. The summed E-state index contributed by atoms with van der Waals surface area (Å²) in [7, 11) is 0. The normalized spacial score (nSPS) is 20.0. The maximum Gasteiger partial charge on any atom is 0.152 e. The van der Waals surface area contributed by atoms with Crippen molar-refractivity contribution in [3.63, 3.8) is 0 Å². The largest absolute Gasteiger partial charge is 0.492 e. The van der Waals surface area contributed by atoms with Crippen LogP contribution in [-0.2, 0) is 17.9 Å². The van der Waals surface area contributed by atoms with Crippen molar-refractivity contribution < 1.29 is 9.47 Å². The molecular formula is C19H24N4O2. The summed E-state index contributed by atoms with van der Waals surface area (Å²) >= 11 is 0. The van der Waals surface area contributed by atoms with E-state index < -0.39 is 0 Å². The van der Waals surface area contributed by atoms with Crippen molar-refractivity contribution in [2.75, 3.05) is 18.9 Å². The number of anilines is 1. The Kier molecular flexibility index (Phi) is 3.80. The zero-order valence-electron chi connectivity index (χ0n) is 15.0. The van der Waals surface area contributed by atoms with E-state index in [0.29, 0.717) is 25.6 Å². The molecule has 2 N–H and O–H groups in total. The highest BCUT2D eigenvalue weighted by Gasteiger charge is 2.30. The first-order chi connectivity index (χ1) is 12.1. The molecule has 6 heteroatoms. The van der Waals surface area contributed by atoms with Crippen LogP contribution in [0.25, 0.3) is 21.9 Å². The minimum atomic E-state index is 0.00643. The van der Waals surface area contributed by atoms with Gasteiger partial charge in [0.1, 0.15) is 23.7 Å². The number of hydrogen-bond acceptors (Lipinski definition) is 5. The van der Waals surface area contributed by atoms with Crippen molar-refractivity contribution in [1.82, 2.24) is 14.5 Å². The lowest BCUT2D eigenvalue weighted by atomic mass is 9.88. The Hall–Kier alpha value is -2.34. The van der Waals surface area contributed by atoms with Crippen LogP contribution < -0.4 is 10.5 Å². The lowest BCUT2D eigenvalue weighted by Crippen LogP contribution is -2.31. The zero-order chi connectivity index (χ0) is 17.6. The lowest BCUT2D eigenvalue weighted by molar-refractivity contribution is 0.112. The first kappa shape index (κ1) is 16.1. The second-order valence-electron chi connectivity index (χ2n) is 7.05. The van der Waals surface area contributed by atoms with Gasteiger partial charge >= 0.3 is 0 Å². The van der Waals surface area contributed by atoms with Gasteiger partial charge in [-0.1, -0.05) is 19.9 Å². The summed E-state index contributed by atoms with van der Waals surface area (Å²) in [5.41, 5.74) is 8.82. The summed E-state index contributed by atoms with van der Waals surface area (Å²) in [5, 5.41) is 0.986. The van der Waals surface area contributed by atoms with Gasteiger partial charge in [-0.3, -0.25) is 0 Å². The molecule has 3 heterocycles. The molecule has 0 saturated heterocycles. The molecule has 3 aromatic rings. The quantitative estimate of drug-likeness (QED) is 0.786. The van der Waals surface area contributed by atoms with E-state index in [2.05, 4.69) is 23.4 Å². The predicted molar refractivity (Wildman–Crippen MR) is 98.7 cm³/mol. The van der Waals surface area contributed by atoms with Crippen molar-refractivity contribution in [3.8, 4) is 5.75 Å². The van der Waals surface area contributed by atoms with Crippen LogP contribution in [0.2, 0.25) is 0 Å². The summed E-state index contributed by atoms with van der Waals surface area (Å²) in [6.45, 7) is 9.02. The van der Waals surface area contributed by atoms with Gasteiger partial charge in [-0.25, -0.2) is 9.97 Å². The first-order valence-corrected chi connectivity index (χ1v) is 8.84. The molecule has 1 aliphatic rings. The molecule has 1 unspecified atom stereocenters. The Morgan fingerprint density at radius 1 is 1.32 bits per heavy atom. The summed E-state index contributed by atoms with van der Waals surface area (Å²) in [6.07, 6.45) is 1.01. The summed E-state index contributed by atoms with van der Waals surface area (Å²) in [6, 6.07) is 5.93. The Balaban J connectivity index is 2.09. The topological polar surface area (TPSA) is 75.2 Å². The van der Waals surface area contributed by atoms with Crippen molar-refractivity contribution in [2.45, 2.75) is 40.3 Å². The highest BCUT2D eigenvalue weighted by molar-refractivity contribution is 6.09. The van der Waals surface area contributed by atoms with E-state index in [0.717, 1.165) is 46.5 Å². The van der Waals surface area contributed by atoms with Gasteiger partial charge in [-0.2, -0.15) is 0 Å². The van der Waals surface area contributed by atoms with Crippen molar-refractivity contribution in [1.29, 1.82) is 0 Å². The lowest BCUT2D eigenvalue weighted by Gasteiger charge is -2.32. The van der Waals surface area contributed by atoms with E-state index >= 15 is 0 Å². The highest BCUT2D eigenvalue weighted by Crippen LogP contribution is 2.39. The fourth-order valence-electron chi connectivity index (χ4n) is 3.45. The number of rotatable bonds is 4. The molecule has 4 rings (SSSR count). The van der Waals surface area contributed by atoms with Gasteiger partial charge < -0.3 is 19.8 Å². The van der Waals surface area contributed by atoms with Gasteiger partial charge in [-0.05, 0) is 25.5 Å². The van der Waals surface area contributed by atoms with Gasteiger partial charge in [0, 0.05) is 18.6 Å². The second kappa shape index (κ2) is 5.88. The van der Waals surface area contributed by atoms with Crippen LogP contribution in [0.4, 0.5) is 5.82 Å². The van der Waals surface area contributed by atoms with E-state index in [1.807, 2.05) is 25.1 Å². The molecule has 0 fully saturated rings. The van der Waals surface area contributed by atoms with E-state index in [1.165, 1.54) is 0 Å². The van der Waals surface area contributed by atoms with Crippen molar-refractivity contribution in [2.24, 2.45) is 5.41 Å². The molecular weight excluding hydrogens is 316 g/mol. The third-order valence-electron chi connectivity index (χ3n) is 5.18. The first-order valence-electron chi connectivity index (χ1n) is 8.84. The highest BCUT2D eigenvalue weighted by atomic mass is 16.5. The maximum absolute atomic E-state index is 6.23. The number of nitrogens with zero attached hydrogens (tertiary/aromatic N) is 3. The Labute approximate surface area is 146 Å². The third-order valence-corrected chi connectivity index (χ3v) is 5.18. The molecule has 2 aromatic heterocycles. The SMILES string of the molecule is CCOCc1nc2c(N)nc3cccc4c3c2n1CC(C)(CC)CO4. The van der Waals surface area contributed by atoms with Crippen LogP contribution in [0.3, 0.4) is 0 Å². The molecule has 1 aromatic carbocycles. The smallest absolute Gasteiger partial charge is 0.152 e. The van der Waals surface area contributed by atoms with Gasteiger partial charge in [-0.15, -0.1) is 0 Å². The zero-order valence-corrected chi connectivity index (χ0v) is 15.0. The van der Waals surface area contributed by atoms with Gasteiger partial charge in [0.15, 0.2) is 5.82 Å². The molecule has 132 valence electrons. The van der Waals surface area contributed by atoms with E-state index in [4.69, 9.17) is 20.2 Å². The summed E-state index contributed by atoms with van der Waals surface area (Å²) in [4.78, 5) is 9.33. The van der Waals surface area contributed by atoms with E-state index in [1.54, 1.807) is 0 Å². The molecule has 0 spiro atoms. The van der Waals surface area contributed by atoms with Crippen molar-refractivity contribution in [3.05, 3.63) is 24.0 Å². The number of imidazole rings is 1. The minimum Gasteiger partial charge on any atom is -0.492 e. The standard InChI is InChI=1S/C19H24N4O2/c1-4-19(3)10-23-14(9-24-5-2)22-16-17(23)15-12(21-18(16)20)7-6-8-13(15)25-11-19/h6-8H,4-5,9-11H2,1-3H3,(H2,20,21). The fraction of sp³-hybridized carbons (Fsp3) is 0.474. The molecule has 0 bridgehead atoms. The van der Waals surface area contributed by atoms with Crippen LogP contribution in [0, 0.1) is 5.41 Å². The van der Waals surface area contributed by atoms with E-state index in [9.17, 15) is 0 Å². The number of pyridine rings is 1. The maximum atomic E-state index is 6.23. The van der Waals surface area contributed by atoms with Gasteiger partial charge in [0.25, 0.3) is 0 Å². The monoisotopic (exact) mass is 340 g/mol. The predicted octanol–water partition coefficient (Wildman–Crippen LogP) is 3.51. The molecule has 1 atom stereocenters. The molecule has 0 amide bonds. The number of aromatic nitrogens is 3. The minimum absolute atomic E-state index is 0.00643. The van der Waals surface area contributed by atoms with E-state index in [-0.39, 0.29) is 5.41 Å². The number of ether oxygens (including phenoxy) is 2. The molecule has 1 aliphatic heterocycles. The van der Waals surface area contributed by atoms with Crippen LogP contribution in [0.5, 0.6) is 5.75 Å². The average molecular weight is 340 g/mol. The molecule has 0 aliphatic carbocycles. The number of nitrogens with two attached hydrogens (primary N) is 1. The fourth-order valence-corrected chi connectivity index (χ4v) is 3.45. The Morgan fingerprint density at radius 3 is 2.92 bits per heavy atom. The number of benzene rings is 1. The average Bonchev–Trinajstić information content (AvgIpc) is 2.95. The summed E-state index contributed by atoms with van der Waals surface area (Å²) in [5.74, 6) is 2.20. The summed E-state index contributed by atoms with van der Waals surface area (Å²) < 4.78 is 14.1. The van der Waals surface area contributed by atoms with Crippen LogP contribution in [-0.4, -0.2) is 27.7 Å². The van der Waals surface area contributed by atoms with Gasteiger partial charge in [0.05, 0.1) is 23.0 Å². The van der Waals surface area contributed by atoms with Crippen LogP contribution in [0.15, 0.2) is 18.2 Å². The third kappa shape index (κ3) is 2.52. The Morgan fingerprint density at radius 2 is 2.16 bits per heavy atom.